The van der Waals surface area contributed by atoms with E-state index in [-0.39, 0.29) is 0 Å². The number of quaternary nitrogens is 1. The Morgan fingerprint density at radius 2 is 1.80 bits per heavy atom. The summed E-state index contributed by atoms with van der Waals surface area (Å²) in [6.45, 7) is 10.1. The largest absolute Gasteiger partial charge is 0.379 e. The SMILES string of the molecule is CCCC[N+](C)(C)CCN1CCOCC1. The second-order valence-corrected chi connectivity index (χ2v) is 5.19. The van der Waals surface area contributed by atoms with Gasteiger partial charge in [-0.15, -0.1) is 0 Å². The first-order valence-corrected chi connectivity index (χ1v) is 6.26. The van der Waals surface area contributed by atoms with E-state index in [0.29, 0.717) is 0 Å². The molecule has 1 saturated heterocycles. The molecular formula is C12H27N2O+. The Bertz CT molecular complexity index is 165. The van der Waals surface area contributed by atoms with Crippen LogP contribution < -0.4 is 0 Å². The van der Waals surface area contributed by atoms with E-state index in [4.69, 9.17) is 4.74 Å². The summed E-state index contributed by atoms with van der Waals surface area (Å²) in [4.78, 5) is 2.52. The Balaban J connectivity index is 2.15. The summed E-state index contributed by atoms with van der Waals surface area (Å²) in [6.07, 6.45) is 2.65. The normalized spacial score (nSPS) is 19.4. The summed E-state index contributed by atoms with van der Waals surface area (Å²) in [5.74, 6) is 0. The molecule has 1 aliphatic rings. The zero-order valence-electron chi connectivity index (χ0n) is 10.7. The van der Waals surface area contributed by atoms with Gasteiger partial charge in [-0.2, -0.15) is 0 Å². The Morgan fingerprint density at radius 1 is 1.13 bits per heavy atom. The number of ether oxygens (including phenoxy) is 1. The van der Waals surface area contributed by atoms with Crippen molar-refractivity contribution in [3.63, 3.8) is 0 Å². The van der Waals surface area contributed by atoms with E-state index in [9.17, 15) is 0 Å². The van der Waals surface area contributed by atoms with Gasteiger partial charge < -0.3 is 9.22 Å². The molecule has 0 saturated carbocycles. The summed E-state index contributed by atoms with van der Waals surface area (Å²) in [7, 11) is 4.69. The van der Waals surface area contributed by atoms with E-state index >= 15 is 0 Å². The summed E-state index contributed by atoms with van der Waals surface area (Å²) in [5.41, 5.74) is 0. The van der Waals surface area contributed by atoms with E-state index in [1.54, 1.807) is 0 Å². The Hall–Kier alpha value is -0.120. The minimum atomic E-state index is 0.919. The van der Waals surface area contributed by atoms with Gasteiger partial charge in [-0.05, 0) is 6.42 Å². The lowest BCUT2D eigenvalue weighted by Crippen LogP contribution is -2.48. The number of likely N-dealkylation sites (N-methyl/N-ethyl adjacent to an activating group) is 1. The molecular weight excluding hydrogens is 188 g/mol. The first kappa shape index (κ1) is 12.9. The van der Waals surface area contributed by atoms with Crippen LogP contribution in [0.1, 0.15) is 19.8 Å². The molecule has 1 rings (SSSR count). The van der Waals surface area contributed by atoms with Crippen LogP contribution >= 0.6 is 0 Å². The van der Waals surface area contributed by atoms with Gasteiger partial charge in [-0.25, -0.2) is 0 Å². The average molecular weight is 215 g/mol. The molecule has 0 N–H and O–H groups in total. The van der Waals surface area contributed by atoms with Crippen LogP contribution in [0.5, 0.6) is 0 Å². The molecule has 15 heavy (non-hydrogen) atoms. The number of hydrogen-bond donors (Lipinski definition) is 0. The fraction of sp³-hybridized carbons (Fsp3) is 1.00. The lowest BCUT2D eigenvalue weighted by molar-refractivity contribution is -0.890. The summed E-state index contributed by atoms with van der Waals surface area (Å²) in [5, 5.41) is 0. The van der Waals surface area contributed by atoms with Crippen molar-refractivity contribution >= 4 is 0 Å². The third kappa shape index (κ3) is 5.50. The van der Waals surface area contributed by atoms with Crippen LogP contribution in [0.2, 0.25) is 0 Å². The standard InChI is InChI=1S/C12H27N2O/c1-4-5-9-14(2,3)10-6-13-7-11-15-12-8-13/h4-12H2,1-3H3/q+1. The molecule has 90 valence electrons. The van der Waals surface area contributed by atoms with Crippen LogP contribution in [0.4, 0.5) is 0 Å². The second-order valence-electron chi connectivity index (χ2n) is 5.19. The first-order valence-electron chi connectivity index (χ1n) is 6.26. The second kappa shape index (κ2) is 6.46. The number of nitrogens with zero attached hydrogens (tertiary/aromatic N) is 2. The minimum Gasteiger partial charge on any atom is -0.379 e. The van der Waals surface area contributed by atoms with Crippen molar-refractivity contribution in [3.8, 4) is 0 Å². The Morgan fingerprint density at radius 3 is 2.40 bits per heavy atom. The highest BCUT2D eigenvalue weighted by Gasteiger charge is 2.17. The molecule has 0 unspecified atom stereocenters. The topological polar surface area (TPSA) is 12.5 Å². The molecule has 0 amide bonds. The molecule has 0 aromatic heterocycles. The van der Waals surface area contributed by atoms with Crippen molar-refractivity contribution in [3.05, 3.63) is 0 Å². The highest BCUT2D eigenvalue weighted by atomic mass is 16.5. The minimum absolute atomic E-state index is 0.919. The van der Waals surface area contributed by atoms with Crippen molar-refractivity contribution < 1.29 is 9.22 Å². The molecule has 1 aliphatic heterocycles. The highest BCUT2D eigenvalue weighted by Crippen LogP contribution is 2.03. The van der Waals surface area contributed by atoms with Gasteiger partial charge >= 0.3 is 0 Å². The lowest BCUT2D eigenvalue weighted by Gasteiger charge is -2.34. The monoisotopic (exact) mass is 215 g/mol. The third-order valence-corrected chi connectivity index (χ3v) is 3.24. The molecule has 3 heteroatoms. The average Bonchev–Trinajstić information content (AvgIpc) is 2.25. The number of unbranched alkanes of at least 4 members (excludes halogenated alkanes) is 1. The zero-order valence-corrected chi connectivity index (χ0v) is 10.7. The number of hydrogen-bond acceptors (Lipinski definition) is 2. The van der Waals surface area contributed by atoms with Gasteiger partial charge in [0.1, 0.15) is 0 Å². The van der Waals surface area contributed by atoms with Gasteiger partial charge in [0, 0.05) is 19.6 Å². The van der Waals surface area contributed by atoms with Crippen molar-refractivity contribution in [1.29, 1.82) is 0 Å². The van der Waals surface area contributed by atoms with E-state index in [0.717, 1.165) is 30.8 Å². The van der Waals surface area contributed by atoms with Crippen molar-refractivity contribution in [2.75, 3.05) is 60.0 Å². The van der Waals surface area contributed by atoms with Crippen LogP contribution in [0.25, 0.3) is 0 Å². The molecule has 0 atom stereocenters. The highest BCUT2D eigenvalue weighted by molar-refractivity contribution is 4.60. The first-order chi connectivity index (χ1) is 7.14. The van der Waals surface area contributed by atoms with Gasteiger partial charge in [-0.1, -0.05) is 13.3 Å². The molecule has 1 heterocycles. The number of morpholine rings is 1. The van der Waals surface area contributed by atoms with Crippen LogP contribution in [0.3, 0.4) is 0 Å². The lowest BCUT2D eigenvalue weighted by atomic mass is 10.3. The predicted molar refractivity (Wildman–Crippen MR) is 64.0 cm³/mol. The van der Waals surface area contributed by atoms with Crippen LogP contribution in [-0.4, -0.2) is 69.4 Å². The maximum absolute atomic E-state index is 5.35. The fourth-order valence-electron chi connectivity index (χ4n) is 1.93. The molecule has 0 aromatic rings. The molecule has 0 bridgehead atoms. The molecule has 1 fully saturated rings. The van der Waals surface area contributed by atoms with Crippen molar-refractivity contribution in [1.82, 2.24) is 4.90 Å². The van der Waals surface area contributed by atoms with E-state index in [1.165, 1.54) is 32.5 Å². The molecule has 0 aliphatic carbocycles. The summed E-state index contributed by atoms with van der Waals surface area (Å²) < 4.78 is 6.51. The van der Waals surface area contributed by atoms with Crippen molar-refractivity contribution in [2.24, 2.45) is 0 Å². The molecule has 0 aromatic carbocycles. The molecule has 3 nitrogen and oxygen atoms in total. The maximum Gasteiger partial charge on any atom is 0.0911 e. The summed E-state index contributed by atoms with van der Waals surface area (Å²) >= 11 is 0. The molecule has 0 spiro atoms. The fourth-order valence-corrected chi connectivity index (χ4v) is 1.93. The molecule has 0 radical (unpaired) electrons. The van der Waals surface area contributed by atoms with Gasteiger partial charge in [0.05, 0.1) is 40.4 Å². The maximum atomic E-state index is 5.35. The van der Waals surface area contributed by atoms with Gasteiger partial charge in [0.15, 0.2) is 0 Å². The zero-order chi connectivity index (χ0) is 11.1. The predicted octanol–water partition coefficient (Wildman–Crippen LogP) is 1.20. The van der Waals surface area contributed by atoms with E-state index in [2.05, 4.69) is 25.9 Å². The third-order valence-electron chi connectivity index (χ3n) is 3.24. The van der Waals surface area contributed by atoms with Gasteiger partial charge in [0.2, 0.25) is 0 Å². The Labute approximate surface area is 94.6 Å². The quantitative estimate of drug-likeness (QED) is 0.617. The van der Waals surface area contributed by atoms with E-state index in [1.807, 2.05) is 0 Å². The number of rotatable bonds is 6. The van der Waals surface area contributed by atoms with Crippen LogP contribution in [0, 0.1) is 0 Å². The van der Waals surface area contributed by atoms with E-state index < -0.39 is 0 Å². The summed E-state index contributed by atoms with van der Waals surface area (Å²) in [6, 6.07) is 0. The van der Waals surface area contributed by atoms with Crippen LogP contribution in [0.15, 0.2) is 0 Å². The van der Waals surface area contributed by atoms with Gasteiger partial charge in [-0.3, -0.25) is 4.90 Å². The van der Waals surface area contributed by atoms with Crippen LogP contribution in [-0.2, 0) is 4.74 Å². The van der Waals surface area contributed by atoms with Crippen molar-refractivity contribution in [2.45, 2.75) is 19.8 Å². The smallest absolute Gasteiger partial charge is 0.0911 e. The van der Waals surface area contributed by atoms with Gasteiger partial charge in [0.25, 0.3) is 0 Å². The Kier molecular flexibility index (Phi) is 5.58.